The SMILES string of the molecule is CCc1ccc(S(=O)(=O)N2CCCCC2C(N)=O)cc1N. The van der Waals surface area contributed by atoms with Gasteiger partial charge in [0.25, 0.3) is 0 Å². The Hall–Kier alpha value is -1.60. The third-order valence-electron chi connectivity index (χ3n) is 3.89. The first-order valence-corrected chi connectivity index (χ1v) is 8.51. The zero-order chi connectivity index (χ0) is 15.6. The predicted octanol–water partition coefficient (Wildman–Crippen LogP) is 0.860. The number of amides is 1. The number of piperidine rings is 1. The average molecular weight is 311 g/mol. The Kier molecular flexibility index (Phi) is 4.53. The predicted molar refractivity (Wildman–Crippen MR) is 81.0 cm³/mol. The van der Waals surface area contributed by atoms with Crippen molar-refractivity contribution in [3.8, 4) is 0 Å². The van der Waals surface area contributed by atoms with Gasteiger partial charge >= 0.3 is 0 Å². The number of primary amides is 1. The van der Waals surface area contributed by atoms with Crippen molar-refractivity contribution >= 4 is 21.6 Å². The third-order valence-corrected chi connectivity index (χ3v) is 5.79. The van der Waals surface area contributed by atoms with E-state index in [4.69, 9.17) is 11.5 Å². The fraction of sp³-hybridized carbons (Fsp3) is 0.500. The zero-order valence-electron chi connectivity index (χ0n) is 12.1. The Morgan fingerprint density at radius 2 is 2.10 bits per heavy atom. The molecule has 1 aliphatic rings. The molecule has 1 aromatic rings. The van der Waals surface area contributed by atoms with Gasteiger partial charge in [0.1, 0.15) is 6.04 Å². The lowest BCUT2D eigenvalue weighted by Gasteiger charge is -2.32. The van der Waals surface area contributed by atoms with Crippen molar-refractivity contribution in [2.24, 2.45) is 5.73 Å². The van der Waals surface area contributed by atoms with Crippen LogP contribution in [0.3, 0.4) is 0 Å². The summed E-state index contributed by atoms with van der Waals surface area (Å²) in [5.74, 6) is -0.601. The molecule has 1 fully saturated rings. The van der Waals surface area contributed by atoms with E-state index in [1.54, 1.807) is 6.07 Å². The second-order valence-electron chi connectivity index (χ2n) is 5.24. The molecule has 0 radical (unpaired) electrons. The van der Waals surface area contributed by atoms with Crippen molar-refractivity contribution in [2.75, 3.05) is 12.3 Å². The molecule has 1 aromatic carbocycles. The van der Waals surface area contributed by atoms with Gasteiger partial charge in [-0.25, -0.2) is 8.42 Å². The molecule has 0 aromatic heterocycles. The molecule has 1 atom stereocenters. The average Bonchev–Trinajstić information content (AvgIpc) is 2.47. The van der Waals surface area contributed by atoms with E-state index in [9.17, 15) is 13.2 Å². The lowest BCUT2D eigenvalue weighted by Crippen LogP contribution is -2.50. The zero-order valence-corrected chi connectivity index (χ0v) is 12.9. The second kappa shape index (κ2) is 6.03. The van der Waals surface area contributed by atoms with E-state index in [0.29, 0.717) is 18.7 Å². The molecule has 1 saturated heterocycles. The van der Waals surface area contributed by atoms with Gasteiger partial charge in [0, 0.05) is 12.2 Å². The maximum Gasteiger partial charge on any atom is 0.243 e. The van der Waals surface area contributed by atoms with E-state index < -0.39 is 22.0 Å². The minimum atomic E-state index is -3.75. The van der Waals surface area contributed by atoms with Crippen molar-refractivity contribution in [1.29, 1.82) is 0 Å². The van der Waals surface area contributed by atoms with Crippen LogP contribution >= 0.6 is 0 Å². The van der Waals surface area contributed by atoms with E-state index in [1.165, 1.54) is 16.4 Å². The number of carbonyl (C=O) groups excluding carboxylic acids is 1. The molecule has 7 heteroatoms. The van der Waals surface area contributed by atoms with E-state index in [-0.39, 0.29) is 4.90 Å². The molecule has 0 aliphatic carbocycles. The van der Waals surface area contributed by atoms with Gasteiger partial charge in [-0.2, -0.15) is 4.31 Å². The first kappa shape index (κ1) is 15.8. The van der Waals surface area contributed by atoms with Crippen LogP contribution in [0.5, 0.6) is 0 Å². The van der Waals surface area contributed by atoms with Gasteiger partial charge in [0.05, 0.1) is 4.90 Å². The number of sulfonamides is 1. The van der Waals surface area contributed by atoms with Crippen LogP contribution in [-0.4, -0.2) is 31.2 Å². The van der Waals surface area contributed by atoms with Crippen molar-refractivity contribution < 1.29 is 13.2 Å². The number of nitrogen functional groups attached to an aromatic ring is 1. The summed E-state index contributed by atoms with van der Waals surface area (Å²) >= 11 is 0. The van der Waals surface area contributed by atoms with Gasteiger partial charge in [0.2, 0.25) is 15.9 Å². The summed E-state index contributed by atoms with van der Waals surface area (Å²) in [7, 11) is -3.75. The Balaban J connectivity index is 2.40. The molecule has 2 rings (SSSR count). The van der Waals surface area contributed by atoms with Gasteiger partial charge in [-0.3, -0.25) is 4.79 Å². The molecule has 0 bridgehead atoms. The van der Waals surface area contributed by atoms with Crippen LogP contribution in [-0.2, 0) is 21.2 Å². The van der Waals surface area contributed by atoms with Crippen molar-refractivity contribution in [2.45, 2.75) is 43.5 Å². The second-order valence-corrected chi connectivity index (χ2v) is 7.13. The fourth-order valence-corrected chi connectivity index (χ4v) is 4.37. The highest BCUT2D eigenvalue weighted by Gasteiger charge is 2.36. The maximum absolute atomic E-state index is 12.7. The summed E-state index contributed by atoms with van der Waals surface area (Å²) in [6.07, 6.45) is 2.74. The Morgan fingerprint density at radius 3 is 2.67 bits per heavy atom. The van der Waals surface area contributed by atoms with Crippen LogP contribution in [0.1, 0.15) is 31.7 Å². The van der Waals surface area contributed by atoms with Crippen LogP contribution in [0.4, 0.5) is 5.69 Å². The number of hydrogen-bond donors (Lipinski definition) is 2. The van der Waals surface area contributed by atoms with E-state index >= 15 is 0 Å². The summed E-state index contributed by atoms with van der Waals surface area (Å²) < 4.78 is 26.6. The van der Waals surface area contributed by atoms with Gasteiger partial charge in [-0.05, 0) is 37.0 Å². The highest BCUT2D eigenvalue weighted by molar-refractivity contribution is 7.89. The van der Waals surface area contributed by atoms with Crippen molar-refractivity contribution in [3.63, 3.8) is 0 Å². The van der Waals surface area contributed by atoms with E-state index in [0.717, 1.165) is 24.8 Å². The number of rotatable bonds is 4. The fourth-order valence-electron chi connectivity index (χ4n) is 2.67. The quantitative estimate of drug-likeness (QED) is 0.804. The number of anilines is 1. The summed E-state index contributed by atoms with van der Waals surface area (Å²) in [6, 6.07) is 3.94. The van der Waals surface area contributed by atoms with Gasteiger partial charge < -0.3 is 11.5 Å². The van der Waals surface area contributed by atoms with Crippen LogP contribution in [0, 0.1) is 0 Å². The standard InChI is InChI=1S/C14H21N3O3S/c1-2-10-6-7-11(9-12(10)15)21(19,20)17-8-4-3-5-13(17)14(16)18/h6-7,9,13H,2-5,8,15H2,1H3,(H2,16,18). The Labute approximate surface area is 125 Å². The first-order chi connectivity index (χ1) is 9.87. The summed E-state index contributed by atoms with van der Waals surface area (Å²) in [5, 5.41) is 0. The maximum atomic E-state index is 12.7. The summed E-state index contributed by atoms with van der Waals surface area (Å²) in [6.45, 7) is 2.26. The topological polar surface area (TPSA) is 106 Å². The first-order valence-electron chi connectivity index (χ1n) is 7.07. The molecule has 4 N–H and O–H groups in total. The lowest BCUT2D eigenvalue weighted by molar-refractivity contribution is -0.122. The molecular formula is C14H21N3O3S. The molecule has 1 unspecified atom stereocenters. The highest BCUT2D eigenvalue weighted by Crippen LogP contribution is 2.27. The van der Waals surface area contributed by atoms with Gasteiger partial charge in [-0.15, -0.1) is 0 Å². The monoisotopic (exact) mass is 311 g/mol. The molecule has 1 aliphatic heterocycles. The van der Waals surface area contributed by atoms with Gasteiger partial charge in [0.15, 0.2) is 0 Å². The molecule has 0 saturated carbocycles. The number of nitrogens with zero attached hydrogens (tertiary/aromatic N) is 1. The van der Waals surface area contributed by atoms with Crippen LogP contribution in [0.2, 0.25) is 0 Å². The highest BCUT2D eigenvalue weighted by atomic mass is 32.2. The number of hydrogen-bond acceptors (Lipinski definition) is 4. The molecule has 21 heavy (non-hydrogen) atoms. The number of nitrogens with two attached hydrogens (primary N) is 2. The molecule has 0 spiro atoms. The Bertz CT molecular complexity index is 643. The summed E-state index contributed by atoms with van der Waals surface area (Å²) in [5.41, 5.74) is 12.6. The third kappa shape index (κ3) is 3.03. The van der Waals surface area contributed by atoms with Crippen molar-refractivity contribution in [1.82, 2.24) is 4.31 Å². The number of benzene rings is 1. The minimum absolute atomic E-state index is 0.116. The van der Waals surface area contributed by atoms with Crippen LogP contribution in [0.25, 0.3) is 0 Å². The van der Waals surface area contributed by atoms with E-state index in [1.807, 2.05) is 6.92 Å². The molecule has 1 heterocycles. The largest absolute Gasteiger partial charge is 0.398 e. The molecule has 1 amide bonds. The van der Waals surface area contributed by atoms with Crippen LogP contribution < -0.4 is 11.5 Å². The molecule has 6 nitrogen and oxygen atoms in total. The smallest absolute Gasteiger partial charge is 0.243 e. The lowest BCUT2D eigenvalue weighted by atomic mass is 10.0. The Morgan fingerprint density at radius 1 is 1.38 bits per heavy atom. The summed E-state index contributed by atoms with van der Waals surface area (Å²) in [4.78, 5) is 11.6. The number of aryl methyl sites for hydroxylation is 1. The van der Waals surface area contributed by atoms with Crippen molar-refractivity contribution in [3.05, 3.63) is 23.8 Å². The normalized spacial score (nSPS) is 20.3. The van der Waals surface area contributed by atoms with Crippen LogP contribution in [0.15, 0.2) is 23.1 Å². The van der Waals surface area contributed by atoms with Gasteiger partial charge in [-0.1, -0.05) is 19.4 Å². The minimum Gasteiger partial charge on any atom is -0.398 e. The molecular weight excluding hydrogens is 290 g/mol. The number of carbonyl (C=O) groups is 1. The molecule has 116 valence electrons. The van der Waals surface area contributed by atoms with E-state index in [2.05, 4.69) is 0 Å².